The maximum absolute atomic E-state index is 14.1. The number of amides is 9. The average Bonchev–Trinajstić information content (AvgIpc) is 3.30. The molecule has 0 spiro atoms. The SMILES string of the molecule is NCCCC[C@H](NC(=O)[C@H](CCCCN)NC(=O)[C@H](CCCCN)NC(=O)[C@H](CCCCN)NC(=O)[C@H](CCCCN)NC(=O)[C@H](CCCCN)NC(=O)CNC(=O)CNC(=O)CN)C(N)=O. The van der Waals surface area contributed by atoms with Crippen molar-refractivity contribution in [3.8, 4) is 0 Å². The fraction of sp³-hybridized carbons (Fsp3) is 0.786. The molecule has 0 aliphatic carbocycles. The van der Waals surface area contributed by atoms with Crippen molar-refractivity contribution in [1.82, 2.24) is 42.5 Å². The van der Waals surface area contributed by atoms with Crippen LogP contribution in [0, 0.1) is 0 Å². The van der Waals surface area contributed by atoms with Gasteiger partial charge in [0.15, 0.2) is 0 Å². The van der Waals surface area contributed by atoms with Crippen molar-refractivity contribution < 1.29 is 43.2 Å². The van der Waals surface area contributed by atoms with Crippen molar-refractivity contribution in [2.75, 3.05) is 58.9 Å². The standard InChI is InChI=1S/C42H84N16O9/c43-19-7-1-13-28(37(50)62)54-39(64)30(15-3-9-21-45)56-41(66)32(17-5-11-23-47)58-42(67)33(18-6-12-24-48)57-40(65)31(16-4-10-22-46)55-38(63)29(14-2-8-20-44)53-36(61)27-52-35(60)26-51-34(59)25-49/h28-33H,1-27,43-49H2,(H2,50,62)(H,51,59)(H,52,60)(H,53,61)(H,54,64)(H,55,63)(H,56,66)(H,57,65)(H,58,67)/t28-,29-,30-,31-,32-,33-/m0/s1. The summed E-state index contributed by atoms with van der Waals surface area (Å²) in [4.78, 5) is 118. The van der Waals surface area contributed by atoms with Crippen molar-refractivity contribution >= 4 is 53.2 Å². The third-order valence-corrected chi connectivity index (χ3v) is 10.6. The van der Waals surface area contributed by atoms with Crippen LogP contribution in [0.15, 0.2) is 0 Å². The van der Waals surface area contributed by atoms with Gasteiger partial charge in [0.1, 0.15) is 36.3 Å². The van der Waals surface area contributed by atoms with Crippen LogP contribution < -0.4 is 88.4 Å². The Labute approximate surface area is 394 Å². The molecule has 0 saturated heterocycles. The van der Waals surface area contributed by atoms with E-state index in [0.717, 1.165) is 0 Å². The molecule has 0 aliphatic heterocycles. The van der Waals surface area contributed by atoms with Crippen LogP contribution in [-0.2, 0) is 43.2 Å². The first-order chi connectivity index (χ1) is 32.1. The van der Waals surface area contributed by atoms with Crippen LogP contribution in [0.3, 0.4) is 0 Å². The molecule has 0 aromatic rings. The Morgan fingerprint density at radius 1 is 0.299 bits per heavy atom. The number of hydrogen-bond acceptors (Lipinski definition) is 16. The van der Waals surface area contributed by atoms with Gasteiger partial charge in [-0.25, -0.2) is 0 Å². The summed E-state index contributed by atoms with van der Waals surface area (Å²) in [5.41, 5.74) is 45.0. The molecule has 386 valence electrons. The first-order valence-electron chi connectivity index (χ1n) is 23.7. The second-order valence-corrected chi connectivity index (χ2v) is 16.3. The third-order valence-electron chi connectivity index (χ3n) is 10.6. The van der Waals surface area contributed by atoms with Crippen LogP contribution in [-0.4, -0.2) is 148 Å². The van der Waals surface area contributed by atoms with Gasteiger partial charge in [-0.1, -0.05) is 0 Å². The number of carbonyl (C=O) groups is 9. The van der Waals surface area contributed by atoms with E-state index >= 15 is 0 Å². The fourth-order valence-corrected chi connectivity index (χ4v) is 6.69. The molecule has 25 heteroatoms. The highest BCUT2D eigenvalue weighted by atomic mass is 16.2. The van der Waals surface area contributed by atoms with Gasteiger partial charge in [0.2, 0.25) is 53.2 Å². The lowest BCUT2D eigenvalue weighted by Gasteiger charge is -2.28. The lowest BCUT2D eigenvalue weighted by Crippen LogP contribution is -2.59. The molecule has 0 bridgehead atoms. The number of carbonyl (C=O) groups excluding carboxylic acids is 9. The summed E-state index contributed by atoms with van der Waals surface area (Å²) in [5, 5.41) is 20.8. The number of unbranched alkanes of at least 4 members (excludes halogenated alkanes) is 6. The molecule has 0 fully saturated rings. The molecular formula is C42H84N16O9. The van der Waals surface area contributed by atoms with E-state index in [1.165, 1.54) is 0 Å². The zero-order chi connectivity index (χ0) is 50.4. The Morgan fingerprint density at radius 2 is 0.537 bits per heavy atom. The minimum absolute atomic E-state index is 0.109. The summed E-state index contributed by atoms with van der Waals surface area (Å²) in [6.07, 6.45) is 6.78. The quantitative estimate of drug-likeness (QED) is 0.0254. The fourth-order valence-electron chi connectivity index (χ4n) is 6.69. The molecule has 0 heterocycles. The maximum Gasteiger partial charge on any atom is 0.243 e. The van der Waals surface area contributed by atoms with Gasteiger partial charge >= 0.3 is 0 Å². The van der Waals surface area contributed by atoms with Crippen molar-refractivity contribution in [1.29, 1.82) is 0 Å². The zero-order valence-corrected chi connectivity index (χ0v) is 39.3. The van der Waals surface area contributed by atoms with Crippen molar-refractivity contribution in [3.05, 3.63) is 0 Å². The number of hydrogen-bond donors (Lipinski definition) is 16. The van der Waals surface area contributed by atoms with Crippen LogP contribution in [0.1, 0.15) is 116 Å². The number of nitrogens with one attached hydrogen (secondary N) is 8. The number of primary amides is 1. The van der Waals surface area contributed by atoms with Gasteiger partial charge in [-0.05, 0) is 155 Å². The van der Waals surface area contributed by atoms with E-state index in [1.54, 1.807) is 0 Å². The molecule has 6 atom stereocenters. The summed E-state index contributed by atoms with van der Waals surface area (Å²) < 4.78 is 0. The monoisotopic (exact) mass is 957 g/mol. The highest BCUT2D eigenvalue weighted by Crippen LogP contribution is 2.11. The van der Waals surface area contributed by atoms with Crippen LogP contribution in [0.5, 0.6) is 0 Å². The Morgan fingerprint density at radius 3 is 0.806 bits per heavy atom. The largest absolute Gasteiger partial charge is 0.368 e. The predicted octanol–water partition coefficient (Wildman–Crippen LogP) is -5.65. The van der Waals surface area contributed by atoms with Crippen molar-refractivity contribution in [3.63, 3.8) is 0 Å². The lowest BCUT2D eigenvalue weighted by molar-refractivity contribution is -0.135. The van der Waals surface area contributed by atoms with E-state index in [2.05, 4.69) is 42.5 Å². The summed E-state index contributed by atoms with van der Waals surface area (Å²) in [6.45, 7) is 0.701. The van der Waals surface area contributed by atoms with Gasteiger partial charge < -0.3 is 88.4 Å². The number of nitrogens with two attached hydrogens (primary N) is 8. The smallest absolute Gasteiger partial charge is 0.243 e. The van der Waals surface area contributed by atoms with Crippen molar-refractivity contribution in [2.24, 2.45) is 45.9 Å². The van der Waals surface area contributed by atoms with E-state index in [0.29, 0.717) is 116 Å². The van der Waals surface area contributed by atoms with Gasteiger partial charge in [-0.3, -0.25) is 43.2 Å². The summed E-state index contributed by atoms with van der Waals surface area (Å²) in [5.74, 6) is -6.14. The Hall–Kier alpha value is -5.05. The minimum atomic E-state index is -1.20. The molecular weight excluding hydrogens is 873 g/mol. The van der Waals surface area contributed by atoms with Gasteiger partial charge in [-0.2, -0.15) is 0 Å². The molecule has 0 saturated carbocycles. The Balaban J connectivity index is 6.46. The molecule has 67 heavy (non-hydrogen) atoms. The topological polar surface area (TPSA) is 458 Å². The Kier molecular flexibility index (Phi) is 36.1. The van der Waals surface area contributed by atoms with E-state index < -0.39 is 103 Å². The van der Waals surface area contributed by atoms with E-state index in [1.807, 2.05) is 0 Å². The summed E-state index contributed by atoms with van der Waals surface area (Å²) in [6, 6.07) is -6.83. The molecule has 0 aliphatic rings. The van der Waals surface area contributed by atoms with Gasteiger partial charge in [-0.15, -0.1) is 0 Å². The predicted molar refractivity (Wildman–Crippen MR) is 253 cm³/mol. The van der Waals surface area contributed by atoms with Gasteiger partial charge in [0, 0.05) is 0 Å². The molecule has 0 radical (unpaired) electrons. The summed E-state index contributed by atoms with van der Waals surface area (Å²) >= 11 is 0. The van der Waals surface area contributed by atoms with E-state index in [9.17, 15) is 43.2 Å². The molecule has 25 nitrogen and oxygen atoms in total. The molecule has 0 aromatic carbocycles. The highest BCUT2D eigenvalue weighted by Gasteiger charge is 2.33. The molecule has 0 unspecified atom stereocenters. The van der Waals surface area contributed by atoms with Gasteiger partial charge in [0.05, 0.1) is 19.6 Å². The minimum Gasteiger partial charge on any atom is -0.368 e. The first kappa shape index (κ1) is 61.9. The average molecular weight is 957 g/mol. The van der Waals surface area contributed by atoms with Crippen LogP contribution in [0.2, 0.25) is 0 Å². The highest BCUT2D eigenvalue weighted by molar-refractivity contribution is 5.97. The summed E-state index contributed by atoms with van der Waals surface area (Å²) in [7, 11) is 0. The Bertz CT molecular complexity index is 1490. The molecule has 9 amide bonds. The molecule has 0 aromatic heterocycles. The van der Waals surface area contributed by atoms with E-state index in [-0.39, 0.29) is 45.1 Å². The third kappa shape index (κ3) is 29.4. The first-order valence-corrected chi connectivity index (χ1v) is 23.7. The second-order valence-electron chi connectivity index (χ2n) is 16.3. The van der Waals surface area contributed by atoms with Gasteiger partial charge in [0.25, 0.3) is 0 Å². The van der Waals surface area contributed by atoms with Crippen LogP contribution >= 0.6 is 0 Å². The van der Waals surface area contributed by atoms with Crippen LogP contribution in [0.4, 0.5) is 0 Å². The second kappa shape index (κ2) is 39.0. The normalized spacial score (nSPS) is 13.7. The number of rotatable bonds is 41. The lowest BCUT2D eigenvalue weighted by atomic mass is 10.0. The van der Waals surface area contributed by atoms with E-state index in [4.69, 9.17) is 45.9 Å². The van der Waals surface area contributed by atoms with Crippen molar-refractivity contribution in [2.45, 2.75) is 152 Å². The van der Waals surface area contributed by atoms with Crippen LogP contribution in [0.25, 0.3) is 0 Å². The molecule has 0 rings (SSSR count). The maximum atomic E-state index is 14.1. The zero-order valence-electron chi connectivity index (χ0n) is 39.3. The molecule has 24 N–H and O–H groups in total.